The molecule has 0 unspecified atom stereocenters. The lowest BCUT2D eigenvalue weighted by Crippen LogP contribution is -2.10. The molecule has 1 aromatic carbocycles. The Kier molecular flexibility index (Phi) is 3.78. The SMILES string of the molecule is NNc1ccnc(Cc2c(Cl)cccc2Cl)n1. The largest absolute Gasteiger partial charge is 0.308 e. The second-order valence-corrected chi connectivity index (χ2v) is 4.19. The van der Waals surface area contributed by atoms with Gasteiger partial charge in [-0.15, -0.1) is 0 Å². The van der Waals surface area contributed by atoms with E-state index in [0.29, 0.717) is 28.1 Å². The average molecular weight is 269 g/mol. The van der Waals surface area contributed by atoms with Gasteiger partial charge in [0.25, 0.3) is 0 Å². The Labute approximate surface area is 109 Å². The molecular formula is C11H10Cl2N4. The molecular weight excluding hydrogens is 259 g/mol. The number of nitrogens with zero attached hydrogens (tertiary/aromatic N) is 2. The summed E-state index contributed by atoms with van der Waals surface area (Å²) in [6, 6.07) is 7.05. The van der Waals surface area contributed by atoms with Gasteiger partial charge in [0.2, 0.25) is 0 Å². The lowest BCUT2D eigenvalue weighted by Gasteiger charge is -2.06. The van der Waals surface area contributed by atoms with Crippen LogP contribution in [0.3, 0.4) is 0 Å². The van der Waals surface area contributed by atoms with Gasteiger partial charge < -0.3 is 5.43 Å². The van der Waals surface area contributed by atoms with Crippen molar-refractivity contribution in [2.24, 2.45) is 5.84 Å². The van der Waals surface area contributed by atoms with Crippen LogP contribution in [0, 0.1) is 0 Å². The maximum absolute atomic E-state index is 6.07. The van der Waals surface area contributed by atoms with E-state index in [-0.39, 0.29) is 0 Å². The Morgan fingerprint density at radius 1 is 1.18 bits per heavy atom. The third-order valence-electron chi connectivity index (χ3n) is 2.25. The topological polar surface area (TPSA) is 63.8 Å². The molecule has 4 nitrogen and oxygen atoms in total. The molecule has 6 heteroatoms. The third kappa shape index (κ3) is 2.85. The van der Waals surface area contributed by atoms with Crippen LogP contribution < -0.4 is 11.3 Å². The van der Waals surface area contributed by atoms with Crippen molar-refractivity contribution in [1.82, 2.24) is 9.97 Å². The van der Waals surface area contributed by atoms with Crippen molar-refractivity contribution in [2.45, 2.75) is 6.42 Å². The fourth-order valence-electron chi connectivity index (χ4n) is 1.42. The van der Waals surface area contributed by atoms with Gasteiger partial charge >= 0.3 is 0 Å². The maximum atomic E-state index is 6.07. The summed E-state index contributed by atoms with van der Waals surface area (Å²) in [5.41, 5.74) is 3.28. The summed E-state index contributed by atoms with van der Waals surface area (Å²) in [6.45, 7) is 0. The van der Waals surface area contributed by atoms with E-state index in [4.69, 9.17) is 29.0 Å². The number of halogens is 2. The van der Waals surface area contributed by atoms with Gasteiger partial charge in [-0.2, -0.15) is 0 Å². The van der Waals surface area contributed by atoms with Gasteiger partial charge in [-0.3, -0.25) is 0 Å². The monoisotopic (exact) mass is 268 g/mol. The molecule has 0 aliphatic carbocycles. The zero-order valence-corrected chi connectivity index (χ0v) is 10.3. The minimum atomic E-state index is 0.466. The summed E-state index contributed by atoms with van der Waals surface area (Å²) >= 11 is 12.1. The number of rotatable bonds is 3. The quantitative estimate of drug-likeness (QED) is 0.664. The molecule has 0 saturated carbocycles. The highest BCUT2D eigenvalue weighted by Crippen LogP contribution is 2.26. The maximum Gasteiger partial charge on any atom is 0.143 e. The van der Waals surface area contributed by atoms with E-state index in [9.17, 15) is 0 Å². The number of anilines is 1. The Morgan fingerprint density at radius 3 is 2.53 bits per heavy atom. The highest BCUT2D eigenvalue weighted by molar-refractivity contribution is 6.36. The van der Waals surface area contributed by atoms with Crippen LogP contribution in [0.5, 0.6) is 0 Å². The molecule has 1 heterocycles. The van der Waals surface area contributed by atoms with Crippen LogP contribution >= 0.6 is 23.2 Å². The van der Waals surface area contributed by atoms with E-state index in [2.05, 4.69) is 15.4 Å². The molecule has 0 amide bonds. The summed E-state index contributed by atoms with van der Waals surface area (Å²) in [7, 11) is 0. The van der Waals surface area contributed by atoms with E-state index < -0.39 is 0 Å². The number of nitrogen functional groups attached to an aromatic ring is 1. The van der Waals surface area contributed by atoms with Crippen LogP contribution in [0.2, 0.25) is 10.0 Å². The van der Waals surface area contributed by atoms with Gasteiger partial charge in [-0.1, -0.05) is 29.3 Å². The fraction of sp³-hybridized carbons (Fsp3) is 0.0909. The first-order valence-corrected chi connectivity index (χ1v) is 5.67. The van der Waals surface area contributed by atoms with Gasteiger partial charge in [0, 0.05) is 28.7 Å². The van der Waals surface area contributed by atoms with Crippen molar-refractivity contribution in [3.05, 3.63) is 51.9 Å². The normalized spacial score (nSPS) is 10.3. The first-order valence-electron chi connectivity index (χ1n) is 4.92. The number of benzene rings is 1. The van der Waals surface area contributed by atoms with Crippen molar-refractivity contribution in [3.63, 3.8) is 0 Å². The number of nitrogens with one attached hydrogen (secondary N) is 1. The number of aromatic nitrogens is 2. The highest BCUT2D eigenvalue weighted by Gasteiger charge is 2.08. The van der Waals surface area contributed by atoms with E-state index in [1.807, 2.05) is 0 Å². The first-order chi connectivity index (χ1) is 8.20. The van der Waals surface area contributed by atoms with Gasteiger partial charge in [-0.25, -0.2) is 15.8 Å². The fourth-order valence-corrected chi connectivity index (χ4v) is 1.96. The highest BCUT2D eigenvalue weighted by atomic mass is 35.5. The Hall–Kier alpha value is -1.36. The molecule has 0 aliphatic heterocycles. The molecule has 1 aromatic heterocycles. The van der Waals surface area contributed by atoms with Gasteiger partial charge in [0.1, 0.15) is 11.6 Å². The zero-order valence-electron chi connectivity index (χ0n) is 8.82. The van der Waals surface area contributed by atoms with E-state index in [1.54, 1.807) is 30.5 Å². The summed E-state index contributed by atoms with van der Waals surface area (Å²) in [5, 5.41) is 1.21. The van der Waals surface area contributed by atoms with Crippen LogP contribution in [-0.4, -0.2) is 9.97 Å². The second kappa shape index (κ2) is 5.31. The van der Waals surface area contributed by atoms with Crippen molar-refractivity contribution in [1.29, 1.82) is 0 Å². The molecule has 3 N–H and O–H groups in total. The summed E-state index contributed by atoms with van der Waals surface area (Å²) in [6.07, 6.45) is 2.09. The summed E-state index contributed by atoms with van der Waals surface area (Å²) in [4.78, 5) is 8.35. The number of hydrogen-bond acceptors (Lipinski definition) is 4. The Bertz CT molecular complexity index is 510. The van der Waals surface area contributed by atoms with Crippen molar-refractivity contribution >= 4 is 29.0 Å². The summed E-state index contributed by atoms with van der Waals surface area (Å²) in [5.74, 6) is 6.44. The molecule has 0 radical (unpaired) electrons. The number of hydrazine groups is 1. The van der Waals surface area contributed by atoms with Gasteiger partial charge in [0.15, 0.2) is 0 Å². The van der Waals surface area contributed by atoms with Crippen molar-refractivity contribution in [3.8, 4) is 0 Å². The minimum absolute atomic E-state index is 0.466. The zero-order chi connectivity index (χ0) is 12.3. The van der Waals surface area contributed by atoms with E-state index in [0.717, 1.165) is 5.56 Å². The van der Waals surface area contributed by atoms with Crippen LogP contribution in [-0.2, 0) is 6.42 Å². The van der Waals surface area contributed by atoms with E-state index in [1.165, 1.54) is 0 Å². The van der Waals surface area contributed by atoms with Crippen LogP contribution in [0.1, 0.15) is 11.4 Å². The number of hydrogen-bond donors (Lipinski definition) is 2. The molecule has 2 aromatic rings. The lowest BCUT2D eigenvalue weighted by atomic mass is 10.1. The van der Waals surface area contributed by atoms with Gasteiger partial charge in [-0.05, 0) is 17.7 Å². The third-order valence-corrected chi connectivity index (χ3v) is 2.96. The Morgan fingerprint density at radius 2 is 1.88 bits per heavy atom. The average Bonchev–Trinajstić information content (AvgIpc) is 2.34. The number of nitrogens with two attached hydrogens (primary N) is 1. The molecule has 0 fully saturated rings. The van der Waals surface area contributed by atoms with E-state index >= 15 is 0 Å². The molecule has 0 bridgehead atoms. The molecule has 0 spiro atoms. The predicted octanol–water partition coefficient (Wildman–Crippen LogP) is 2.66. The molecule has 17 heavy (non-hydrogen) atoms. The Balaban J connectivity index is 2.31. The standard InChI is InChI=1S/C11H10Cl2N4/c12-8-2-1-3-9(13)7(8)6-11-15-5-4-10(16-11)17-14/h1-5H,6,14H2,(H,15,16,17). The molecule has 0 saturated heterocycles. The van der Waals surface area contributed by atoms with Crippen molar-refractivity contribution < 1.29 is 0 Å². The molecule has 88 valence electrons. The molecule has 0 aliphatic rings. The van der Waals surface area contributed by atoms with Crippen molar-refractivity contribution in [2.75, 3.05) is 5.43 Å². The first kappa shape index (κ1) is 12.1. The van der Waals surface area contributed by atoms with Crippen LogP contribution in [0.15, 0.2) is 30.5 Å². The molecule has 2 rings (SSSR count). The summed E-state index contributed by atoms with van der Waals surface area (Å²) < 4.78 is 0. The van der Waals surface area contributed by atoms with Crippen LogP contribution in [0.4, 0.5) is 5.82 Å². The second-order valence-electron chi connectivity index (χ2n) is 3.38. The van der Waals surface area contributed by atoms with Crippen LogP contribution in [0.25, 0.3) is 0 Å². The predicted molar refractivity (Wildman–Crippen MR) is 69.1 cm³/mol. The minimum Gasteiger partial charge on any atom is -0.308 e. The van der Waals surface area contributed by atoms with Gasteiger partial charge in [0.05, 0.1) is 0 Å². The smallest absolute Gasteiger partial charge is 0.143 e. The lowest BCUT2D eigenvalue weighted by molar-refractivity contribution is 0.965. The molecule has 0 atom stereocenters.